The van der Waals surface area contributed by atoms with Crippen LogP contribution in [0.5, 0.6) is 0 Å². The van der Waals surface area contributed by atoms with Crippen LogP contribution in [-0.2, 0) is 0 Å². The van der Waals surface area contributed by atoms with Crippen molar-refractivity contribution in [1.29, 1.82) is 0 Å². The number of nitrogens with one attached hydrogen (secondary N) is 1. The molecule has 0 aromatic heterocycles. The van der Waals surface area contributed by atoms with E-state index >= 15 is 0 Å². The van der Waals surface area contributed by atoms with E-state index in [4.69, 9.17) is 5.73 Å². The third-order valence-corrected chi connectivity index (χ3v) is 2.55. The molecule has 0 spiro atoms. The van der Waals surface area contributed by atoms with Crippen molar-refractivity contribution >= 4 is 17.7 Å². The molecule has 4 heteroatoms. The maximum absolute atomic E-state index is 5.64. The van der Waals surface area contributed by atoms with E-state index in [0.717, 1.165) is 37.4 Å². The number of hydrogen-bond donors (Lipinski definition) is 2. The highest BCUT2D eigenvalue weighted by atomic mass is 32.2. The Morgan fingerprint density at radius 1 is 1.64 bits per heavy atom. The second-order valence-corrected chi connectivity index (χ2v) is 4.06. The molecule has 0 aliphatic carbocycles. The lowest BCUT2D eigenvalue weighted by Gasteiger charge is -2.04. The maximum atomic E-state index is 5.64. The van der Waals surface area contributed by atoms with Gasteiger partial charge in [0, 0.05) is 24.6 Å². The molecule has 3 nitrogen and oxygen atoms in total. The summed E-state index contributed by atoms with van der Waals surface area (Å²) >= 11 is 1.83. The Morgan fingerprint density at radius 3 is 3.07 bits per heavy atom. The van der Waals surface area contributed by atoms with Crippen LogP contribution in [0.3, 0.4) is 0 Å². The minimum absolute atomic E-state index is 0.567. The summed E-state index contributed by atoms with van der Waals surface area (Å²) in [6.45, 7) is 7.50. The Morgan fingerprint density at radius 2 is 2.43 bits per heavy atom. The molecule has 0 atom stereocenters. The van der Waals surface area contributed by atoms with Gasteiger partial charge in [0.15, 0.2) is 5.96 Å². The smallest absolute Gasteiger partial charge is 0.188 e. The van der Waals surface area contributed by atoms with E-state index in [-0.39, 0.29) is 0 Å². The molecule has 0 fully saturated rings. The van der Waals surface area contributed by atoms with Gasteiger partial charge in [-0.1, -0.05) is 19.4 Å². The van der Waals surface area contributed by atoms with Crippen LogP contribution in [-0.4, -0.2) is 30.6 Å². The zero-order valence-corrected chi connectivity index (χ0v) is 9.78. The Balaban J connectivity index is 3.29. The van der Waals surface area contributed by atoms with E-state index in [2.05, 4.69) is 23.8 Å². The average molecular weight is 215 g/mol. The van der Waals surface area contributed by atoms with Gasteiger partial charge in [0.2, 0.25) is 0 Å². The van der Waals surface area contributed by atoms with Crippen LogP contribution < -0.4 is 11.1 Å². The molecule has 0 aromatic carbocycles. The number of aliphatic imine (C=N–C) groups is 1. The van der Waals surface area contributed by atoms with E-state index in [0.29, 0.717) is 5.96 Å². The quantitative estimate of drug-likeness (QED) is 0.280. The Labute approximate surface area is 91.2 Å². The van der Waals surface area contributed by atoms with Crippen LogP contribution in [0.25, 0.3) is 0 Å². The minimum atomic E-state index is 0.567. The van der Waals surface area contributed by atoms with E-state index in [1.807, 2.05) is 17.8 Å². The molecule has 0 aromatic rings. The first-order valence-corrected chi connectivity index (χ1v) is 6.19. The van der Waals surface area contributed by atoms with Crippen molar-refractivity contribution in [3.63, 3.8) is 0 Å². The molecule has 82 valence electrons. The fourth-order valence-electron chi connectivity index (χ4n) is 0.831. The second-order valence-electron chi connectivity index (χ2n) is 2.91. The van der Waals surface area contributed by atoms with E-state index in [9.17, 15) is 0 Å². The lowest BCUT2D eigenvalue weighted by atomic mass is 10.3. The summed E-state index contributed by atoms with van der Waals surface area (Å²) in [6, 6.07) is 0. The van der Waals surface area contributed by atoms with Crippen LogP contribution in [0.15, 0.2) is 17.6 Å². The molecular weight excluding hydrogens is 194 g/mol. The standard InChI is InChI=1S/C10H21N3S/c1-3-5-6-12-10(11)13-7-9-14-8-4-2/h4H,2-3,5-9H2,1H3,(H3,11,12,13). The van der Waals surface area contributed by atoms with E-state index < -0.39 is 0 Å². The van der Waals surface area contributed by atoms with Crippen LogP contribution in [0.4, 0.5) is 0 Å². The summed E-state index contributed by atoms with van der Waals surface area (Å²) in [7, 11) is 0. The number of rotatable bonds is 8. The van der Waals surface area contributed by atoms with Crippen LogP contribution in [0.1, 0.15) is 19.8 Å². The summed E-state index contributed by atoms with van der Waals surface area (Å²) in [5.74, 6) is 2.60. The number of nitrogens with two attached hydrogens (primary N) is 1. The highest BCUT2D eigenvalue weighted by molar-refractivity contribution is 7.99. The van der Waals surface area contributed by atoms with Crippen LogP contribution >= 0.6 is 11.8 Å². The normalized spacial score (nSPS) is 11.4. The van der Waals surface area contributed by atoms with Crippen LogP contribution in [0, 0.1) is 0 Å². The average Bonchev–Trinajstić information content (AvgIpc) is 2.18. The zero-order chi connectivity index (χ0) is 10.6. The fourth-order valence-corrected chi connectivity index (χ4v) is 1.41. The molecule has 14 heavy (non-hydrogen) atoms. The molecule has 0 unspecified atom stereocenters. The molecule has 0 saturated carbocycles. The molecule has 0 saturated heterocycles. The zero-order valence-electron chi connectivity index (χ0n) is 8.96. The monoisotopic (exact) mass is 215 g/mol. The molecule has 0 heterocycles. The third-order valence-electron chi connectivity index (χ3n) is 1.58. The summed E-state index contributed by atoms with van der Waals surface area (Å²) in [6.07, 6.45) is 4.17. The summed E-state index contributed by atoms with van der Waals surface area (Å²) < 4.78 is 0. The van der Waals surface area contributed by atoms with Crippen molar-refractivity contribution in [2.24, 2.45) is 10.7 Å². The highest BCUT2D eigenvalue weighted by Gasteiger charge is 1.90. The lowest BCUT2D eigenvalue weighted by molar-refractivity contribution is 0.798. The lowest BCUT2D eigenvalue weighted by Crippen LogP contribution is -2.33. The van der Waals surface area contributed by atoms with Crippen molar-refractivity contribution in [1.82, 2.24) is 5.32 Å². The maximum Gasteiger partial charge on any atom is 0.188 e. The first-order chi connectivity index (χ1) is 6.81. The van der Waals surface area contributed by atoms with Gasteiger partial charge in [-0.15, -0.1) is 6.58 Å². The Kier molecular flexibility index (Phi) is 9.96. The van der Waals surface area contributed by atoms with Gasteiger partial charge in [-0.25, -0.2) is 0 Å². The Hall–Kier alpha value is -0.640. The van der Waals surface area contributed by atoms with E-state index in [1.165, 1.54) is 0 Å². The second kappa shape index (κ2) is 10.4. The molecule has 0 bridgehead atoms. The molecule has 0 aliphatic heterocycles. The van der Waals surface area contributed by atoms with E-state index in [1.54, 1.807) is 0 Å². The van der Waals surface area contributed by atoms with Crippen molar-refractivity contribution in [2.45, 2.75) is 19.8 Å². The van der Waals surface area contributed by atoms with Crippen molar-refractivity contribution in [2.75, 3.05) is 24.6 Å². The van der Waals surface area contributed by atoms with Crippen LogP contribution in [0.2, 0.25) is 0 Å². The van der Waals surface area contributed by atoms with Gasteiger partial charge >= 0.3 is 0 Å². The molecule has 0 rings (SSSR count). The number of guanidine groups is 1. The predicted molar refractivity (Wildman–Crippen MR) is 66.9 cm³/mol. The number of hydrogen-bond acceptors (Lipinski definition) is 2. The van der Waals surface area contributed by atoms with Gasteiger partial charge in [-0.05, 0) is 6.42 Å². The van der Waals surface area contributed by atoms with Gasteiger partial charge in [0.1, 0.15) is 0 Å². The van der Waals surface area contributed by atoms with Gasteiger partial charge in [0.05, 0.1) is 0 Å². The molecular formula is C10H21N3S. The highest BCUT2D eigenvalue weighted by Crippen LogP contribution is 1.96. The third kappa shape index (κ3) is 9.45. The molecule has 0 radical (unpaired) electrons. The molecule has 3 N–H and O–H groups in total. The largest absolute Gasteiger partial charge is 0.370 e. The van der Waals surface area contributed by atoms with Gasteiger partial charge in [-0.2, -0.15) is 11.8 Å². The first kappa shape index (κ1) is 13.4. The molecule has 0 amide bonds. The predicted octanol–water partition coefficient (Wildman–Crippen LogP) is 1.61. The Bertz CT molecular complexity index is 169. The first-order valence-electron chi connectivity index (χ1n) is 5.03. The van der Waals surface area contributed by atoms with Gasteiger partial charge in [0.25, 0.3) is 0 Å². The SMILES string of the molecule is C=CCSCCNC(N)=NCCCC. The number of thioether (sulfide) groups is 1. The summed E-state index contributed by atoms with van der Waals surface area (Å²) in [5, 5.41) is 3.07. The van der Waals surface area contributed by atoms with Crippen molar-refractivity contribution in [3.05, 3.63) is 12.7 Å². The number of nitrogens with zero attached hydrogens (tertiary/aromatic N) is 1. The summed E-state index contributed by atoms with van der Waals surface area (Å²) in [5.41, 5.74) is 5.64. The minimum Gasteiger partial charge on any atom is -0.370 e. The topological polar surface area (TPSA) is 50.4 Å². The molecule has 0 aliphatic rings. The fraction of sp³-hybridized carbons (Fsp3) is 0.700. The van der Waals surface area contributed by atoms with Crippen molar-refractivity contribution in [3.8, 4) is 0 Å². The van der Waals surface area contributed by atoms with Gasteiger partial charge < -0.3 is 11.1 Å². The van der Waals surface area contributed by atoms with Gasteiger partial charge in [-0.3, -0.25) is 4.99 Å². The van der Waals surface area contributed by atoms with Crippen molar-refractivity contribution < 1.29 is 0 Å². The number of unbranched alkanes of at least 4 members (excludes halogenated alkanes) is 1. The summed E-state index contributed by atoms with van der Waals surface area (Å²) in [4.78, 5) is 4.19.